The minimum atomic E-state index is -0.544. The summed E-state index contributed by atoms with van der Waals surface area (Å²) in [5.74, 6) is 2.15. The first kappa shape index (κ1) is 13.8. The molecule has 0 radical (unpaired) electrons. The first-order valence-corrected chi connectivity index (χ1v) is 5.44. The predicted molar refractivity (Wildman–Crippen MR) is 67.0 cm³/mol. The zero-order valence-corrected chi connectivity index (χ0v) is 10.5. The number of carbonyl (C=O) groups excluding carboxylic acids is 1. The molecular weight excluding hydrogens is 234 g/mol. The van der Waals surface area contributed by atoms with Crippen LogP contribution < -0.4 is 5.32 Å². The van der Waals surface area contributed by atoms with Crippen LogP contribution in [0.15, 0.2) is 12.3 Å². The van der Waals surface area contributed by atoms with E-state index in [9.17, 15) is 14.9 Å². The zero-order chi connectivity index (χ0) is 13.9. The summed E-state index contributed by atoms with van der Waals surface area (Å²) in [6, 6.07) is 0.829. The number of hydrogen-bond acceptors (Lipinski definition) is 3. The van der Waals surface area contributed by atoms with E-state index >= 15 is 0 Å². The highest BCUT2D eigenvalue weighted by molar-refractivity contribution is 5.93. The molecule has 1 heterocycles. The summed E-state index contributed by atoms with van der Waals surface area (Å²) in [4.78, 5) is 22.0. The molecule has 0 aromatic carbocycles. The van der Waals surface area contributed by atoms with Crippen LogP contribution in [0, 0.1) is 28.4 Å². The van der Waals surface area contributed by atoms with Gasteiger partial charge in [0.2, 0.25) is 0 Å². The molecule has 6 nitrogen and oxygen atoms in total. The molecule has 0 spiro atoms. The molecule has 1 atom stereocenters. The Hall–Kier alpha value is -2.29. The quantitative estimate of drug-likeness (QED) is 0.496. The van der Waals surface area contributed by atoms with Crippen molar-refractivity contribution in [2.75, 3.05) is 0 Å². The summed E-state index contributed by atoms with van der Waals surface area (Å²) in [6.07, 6.45) is 6.60. The highest BCUT2D eigenvalue weighted by Gasteiger charge is 2.20. The Labute approximate surface area is 105 Å². The summed E-state index contributed by atoms with van der Waals surface area (Å²) < 4.78 is 1.40. The van der Waals surface area contributed by atoms with Crippen molar-refractivity contribution in [1.82, 2.24) is 9.88 Å². The van der Waals surface area contributed by atoms with Crippen LogP contribution in [0.5, 0.6) is 0 Å². The van der Waals surface area contributed by atoms with Crippen LogP contribution in [0.4, 0.5) is 5.69 Å². The van der Waals surface area contributed by atoms with Gasteiger partial charge < -0.3 is 9.88 Å². The third-order valence-corrected chi connectivity index (χ3v) is 2.57. The van der Waals surface area contributed by atoms with Crippen molar-refractivity contribution >= 4 is 11.6 Å². The van der Waals surface area contributed by atoms with Gasteiger partial charge in [-0.1, -0.05) is 19.8 Å². The highest BCUT2D eigenvalue weighted by atomic mass is 16.6. The van der Waals surface area contributed by atoms with Crippen molar-refractivity contribution in [3.8, 4) is 12.3 Å². The number of aryl methyl sites for hydroxylation is 1. The van der Waals surface area contributed by atoms with E-state index in [0.29, 0.717) is 0 Å². The summed E-state index contributed by atoms with van der Waals surface area (Å²) >= 11 is 0. The lowest BCUT2D eigenvalue weighted by atomic mass is 10.1. The molecule has 1 unspecified atom stereocenters. The van der Waals surface area contributed by atoms with Crippen molar-refractivity contribution in [1.29, 1.82) is 0 Å². The molecule has 1 N–H and O–H groups in total. The standard InChI is InChI=1S/C12H15N3O3/c1-5-10(8(2)3)13-12(16)11-6-9(15(17)18)7-14(11)4/h1,6-8,10H,2-4H3,(H,13,16). The molecule has 1 rings (SSSR count). The summed E-state index contributed by atoms with van der Waals surface area (Å²) in [5.41, 5.74) is 0.0899. The van der Waals surface area contributed by atoms with E-state index in [0.717, 1.165) is 0 Å². The first-order valence-electron chi connectivity index (χ1n) is 5.44. The summed E-state index contributed by atoms with van der Waals surface area (Å²) in [6.45, 7) is 3.77. The SMILES string of the molecule is C#CC(NC(=O)c1cc([N+](=O)[O-])cn1C)C(C)C. The Morgan fingerprint density at radius 3 is 2.61 bits per heavy atom. The molecule has 1 amide bonds. The lowest BCUT2D eigenvalue weighted by Crippen LogP contribution is -2.38. The maximum atomic E-state index is 11.9. The number of rotatable bonds is 4. The number of nitrogens with one attached hydrogen (secondary N) is 1. The molecule has 1 aromatic heterocycles. The molecular formula is C12H15N3O3. The van der Waals surface area contributed by atoms with Crippen molar-refractivity contribution in [2.45, 2.75) is 19.9 Å². The zero-order valence-electron chi connectivity index (χ0n) is 10.5. The van der Waals surface area contributed by atoms with E-state index in [4.69, 9.17) is 6.42 Å². The minimum Gasteiger partial charge on any atom is -0.340 e. The predicted octanol–water partition coefficient (Wildman–Crippen LogP) is 1.32. The monoisotopic (exact) mass is 249 g/mol. The van der Waals surface area contributed by atoms with Crippen LogP contribution in [-0.4, -0.2) is 21.4 Å². The van der Waals surface area contributed by atoms with Crippen LogP contribution in [0.1, 0.15) is 24.3 Å². The lowest BCUT2D eigenvalue weighted by Gasteiger charge is -2.16. The van der Waals surface area contributed by atoms with Gasteiger partial charge in [-0.25, -0.2) is 0 Å². The van der Waals surface area contributed by atoms with Crippen LogP contribution >= 0.6 is 0 Å². The third kappa shape index (κ3) is 2.88. The molecule has 6 heteroatoms. The number of aromatic nitrogens is 1. The van der Waals surface area contributed by atoms with Gasteiger partial charge >= 0.3 is 0 Å². The fourth-order valence-corrected chi connectivity index (χ4v) is 1.49. The number of nitrogens with zero attached hydrogens (tertiary/aromatic N) is 2. The van der Waals surface area contributed by atoms with Gasteiger partial charge in [-0.15, -0.1) is 6.42 Å². The maximum Gasteiger partial charge on any atom is 0.287 e. The smallest absolute Gasteiger partial charge is 0.287 e. The van der Waals surface area contributed by atoms with Crippen molar-refractivity contribution in [3.05, 3.63) is 28.1 Å². The molecule has 0 fully saturated rings. The maximum absolute atomic E-state index is 11.9. The molecule has 0 aliphatic heterocycles. The highest BCUT2D eigenvalue weighted by Crippen LogP contribution is 2.15. The summed E-state index contributed by atoms with van der Waals surface area (Å²) in [5, 5.41) is 13.3. The van der Waals surface area contributed by atoms with Crippen LogP contribution in [0.2, 0.25) is 0 Å². The first-order chi connectivity index (χ1) is 8.36. The number of hydrogen-bond donors (Lipinski definition) is 1. The molecule has 0 aliphatic carbocycles. The number of carbonyl (C=O) groups is 1. The second kappa shape index (κ2) is 5.36. The second-order valence-corrected chi connectivity index (χ2v) is 4.31. The molecule has 0 aliphatic rings. The van der Waals surface area contributed by atoms with Crippen molar-refractivity contribution in [2.24, 2.45) is 13.0 Å². The second-order valence-electron chi connectivity index (χ2n) is 4.31. The molecule has 96 valence electrons. The van der Waals surface area contributed by atoms with Gasteiger partial charge in [0.1, 0.15) is 5.69 Å². The Morgan fingerprint density at radius 2 is 2.22 bits per heavy atom. The van der Waals surface area contributed by atoms with Gasteiger partial charge in [-0.05, 0) is 5.92 Å². The molecule has 0 saturated heterocycles. The average Bonchev–Trinajstić information content (AvgIpc) is 2.67. The largest absolute Gasteiger partial charge is 0.340 e. The van der Waals surface area contributed by atoms with E-state index in [2.05, 4.69) is 11.2 Å². The van der Waals surface area contributed by atoms with E-state index < -0.39 is 16.9 Å². The van der Waals surface area contributed by atoms with Crippen LogP contribution in [-0.2, 0) is 7.05 Å². The fourth-order valence-electron chi connectivity index (χ4n) is 1.49. The Kier molecular flexibility index (Phi) is 4.10. The topological polar surface area (TPSA) is 77.2 Å². The van der Waals surface area contributed by atoms with Crippen molar-refractivity contribution < 1.29 is 9.72 Å². The molecule has 1 aromatic rings. The normalized spacial score (nSPS) is 11.9. The number of terminal acetylenes is 1. The van der Waals surface area contributed by atoms with E-state index in [1.807, 2.05) is 13.8 Å². The van der Waals surface area contributed by atoms with Gasteiger partial charge in [-0.3, -0.25) is 14.9 Å². The van der Waals surface area contributed by atoms with Crippen molar-refractivity contribution in [3.63, 3.8) is 0 Å². The lowest BCUT2D eigenvalue weighted by molar-refractivity contribution is -0.384. The third-order valence-electron chi connectivity index (χ3n) is 2.57. The molecule has 0 saturated carbocycles. The fraction of sp³-hybridized carbons (Fsp3) is 0.417. The van der Waals surface area contributed by atoms with Crippen LogP contribution in [0.25, 0.3) is 0 Å². The number of amides is 1. The number of nitro groups is 1. The minimum absolute atomic E-state index is 0.0919. The molecule has 18 heavy (non-hydrogen) atoms. The van der Waals surface area contributed by atoms with Gasteiger partial charge in [0, 0.05) is 13.1 Å². The van der Waals surface area contributed by atoms with E-state index in [1.54, 1.807) is 7.05 Å². The molecule has 0 bridgehead atoms. The van der Waals surface area contributed by atoms with Gasteiger partial charge in [0.05, 0.1) is 17.2 Å². The van der Waals surface area contributed by atoms with Gasteiger partial charge in [0.25, 0.3) is 11.6 Å². The average molecular weight is 249 g/mol. The van der Waals surface area contributed by atoms with Gasteiger partial charge in [0.15, 0.2) is 0 Å². The van der Waals surface area contributed by atoms with Gasteiger partial charge in [-0.2, -0.15) is 0 Å². The Bertz CT molecular complexity index is 511. The Balaban J connectivity index is 2.91. The summed E-state index contributed by atoms with van der Waals surface area (Å²) in [7, 11) is 1.57. The van der Waals surface area contributed by atoms with Crippen LogP contribution in [0.3, 0.4) is 0 Å². The van der Waals surface area contributed by atoms with E-state index in [1.165, 1.54) is 16.8 Å². The Morgan fingerprint density at radius 1 is 1.61 bits per heavy atom. The van der Waals surface area contributed by atoms with E-state index in [-0.39, 0.29) is 17.3 Å².